The molecule has 4 fully saturated rings. The van der Waals surface area contributed by atoms with Crippen molar-refractivity contribution in [3.8, 4) is 0 Å². The van der Waals surface area contributed by atoms with Crippen LogP contribution in [-0.4, -0.2) is 48.0 Å². The molecule has 0 bridgehead atoms. The van der Waals surface area contributed by atoms with Crippen LogP contribution >= 0.6 is 0 Å². The number of ether oxygens (including phenoxy) is 2. The number of esters is 1. The molecule has 0 aromatic carbocycles. The first-order chi connectivity index (χ1) is 12.5. The van der Waals surface area contributed by atoms with Crippen LogP contribution in [0.1, 0.15) is 60.3 Å². The Balaban J connectivity index is 1.93. The van der Waals surface area contributed by atoms with E-state index in [0.29, 0.717) is 31.2 Å². The van der Waals surface area contributed by atoms with Crippen LogP contribution in [0.15, 0.2) is 0 Å². The number of ketones is 1. The van der Waals surface area contributed by atoms with Crippen LogP contribution in [-0.2, 0) is 19.1 Å². The van der Waals surface area contributed by atoms with Crippen molar-refractivity contribution in [1.29, 1.82) is 0 Å². The Morgan fingerprint density at radius 1 is 1.26 bits per heavy atom. The number of carbonyl (C=O) groups excluding carboxylic acids is 3. The summed E-state index contributed by atoms with van der Waals surface area (Å²) in [6.07, 6.45) is 2.36. The summed E-state index contributed by atoms with van der Waals surface area (Å²) in [7, 11) is 1.39. The summed E-state index contributed by atoms with van der Waals surface area (Å²) in [5.74, 6) is 0.655. The highest BCUT2D eigenvalue weighted by Gasteiger charge is 2.95. The van der Waals surface area contributed by atoms with Crippen LogP contribution in [0.25, 0.3) is 0 Å². The Bertz CT molecular complexity index is 734. The van der Waals surface area contributed by atoms with Crippen molar-refractivity contribution in [2.24, 2.45) is 28.1 Å². The first-order valence-electron chi connectivity index (χ1n) is 10.1. The predicted molar refractivity (Wildman–Crippen MR) is 97.8 cm³/mol. The minimum absolute atomic E-state index is 0.0677. The van der Waals surface area contributed by atoms with E-state index in [9.17, 15) is 14.4 Å². The molecule has 150 valence electrons. The van der Waals surface area contributed by atoms with E-state index >= 15 is 0 Å². The minimum Gasteiger partial charge on any atom is -0.457 e. The van der Waals surface area contributed by atoms with E-state index in [-0.39, 0.29) is 29.3 Å². The number of hydrogen-bond acceptors (Lipinski definition) is 5. The molecule has 6 heteroatoms. The van der Waals surface area contributed by atoms with Crippen molar-refractivity contribution in [3.05, 3.63) is 0 Å². The van der Waals surface area contributed by atoms with Gasteiger partial charge in [-0.2, -0.15) is 0 Å². The molecule has 1 heterocycles. The molecule has 0 aromatic rings. The zero-order valence-corrected chi connectivity index (χ0v) is 17.3. The van der Waals surface area contributed by atoms with Crippen molar-refractivity contribution in [2.75, 3.05) is 13.7 Å². The van der Waals surface area contributed by atoms with E-state index in [2.05, 4.69) is 27.7 Å². The van der Waals surface area contributed by atoms with Gasteiger partial charge in [0, 0.05) is 36.8 Å². The third-order valence-corrected chi connectivity index (χ3v) is 9.11. The van der Waals surface area contributed by atoms with Crippen molar-refractivity contribution < 1.29 is 23.9 Å². The summed E-state index contributed by atoms with van der Waals surface area (Å²) < 4.78 is 11.2. The predicted octanol–water partition coefficient (Wildman–Crippen LogP) is 3.18. The second-order valence-corrected chi connectivity index (χ2v) is 9.84. The maximum Gasteiger partial charge on any atom is 0.409 e. The number of rotatable bonds is 2. The van der Waals surface area contributed by atoms with Crippen LogP contribution in [0.2, 0.25) is 0 Å². The molecule has 1 amide bonds. The molecule has 0 aromatic heterocycles. The number of nitrogens with zero attached hydrogens (tertiary/aromatic N) is 1. The molecule has 0 N–H and O–H groups in total. The molecule has 6 nitrogen and oxygen atoms in total. The van der Waals surface area contributed by atoms with Crippen molar-refractivity contribution in [1.82, 2.24) is 4.90 Å². The molecule has 3 aliphatic carbocycles. The zero-order chi connectivity index (χ0) is 20.0. The van der Waals surface area contributed by atoms with Crippen molar-refractivity contribution in [2.45, 2.75) is 71.9 Å². The van der Waals surface area contributed by atoms with Crippen LogP contribution in [0, 0.1) is 28.1 Å². The maximum atomic E-state index is 13.3. The fourth-order valence-electron chi connectivity index (χ4n) is 7.88. The van der Waals surface area contributed by atoms with Gasteiger partial charge in [0.05, 0.1) is 12.5 Å². The summed E-state index contributed by atoms with van der Waals surface area (Å²) in [4.78, 5) is 39.9. The molecule has 1 spiro atoms. The van der Waals surface area contributed by atoms with Gasteiger partial charge >= 0.3 is 12.1 Å². The van der Waals surface area contributed by atoms with Gasteiger partial charge in [-0.05, 0) is 31.1 Å². The average molecular weight is 377 g/mol. The number of Topliss-reactive ketones (excluding diaryl/α,β-unsaturated/α-hetero) is 1. The first-order valence-corrected chi connectivity index (χ1v) is 10.1. The minimum atomic E-state index is -0.813. The van der Waals surface area contributed by atoms with E-state index < -0.39 is 16.4 Å². The summed E-state index contributed by atoms with van der Waals surface area (Å²) in [5, 5.41) is 0. The lowest BCUT2D eigenvalue weighted by molar-refractivity contribution is -0.344. The normalized spacial score (nSPS) is 47.4. The Labute approximate surface area is 160 Å². The number of likely N-dealkylation sites (tertiary alicyclic amines) is 1. The summed E-state index contributed by atoms with van der Waals surface area (Å²) in [6.45, 7) is 10.5. The molecular weight excluding hydrogens is 346 g/mol. The largest absolute Gasteiger partial charge is 0.457 e. The maximum absolute atomic E-state index is 13.3. The molecule has 3 saturated carbocycles. The molecule has 4 rings (SSSR count). The standard InChI is InChI=1S/C21H31NO5/c1-12(2)14-9-15-19(5)18(4,10-14)21(27-13(3)23)8-7-16(24)20(19,21)11-22(15)17(25)26-6/h12,14-15H,7-11H2,1-6H3/t14-,15+,18-,19+,20-,21-/m0/s1. The van der Waals surface area contributed by atoms with Gasteiger partial charge in [-0.15, -0.1) is 0 Å². The number of amides is 1. The lowest BCUT2D eigenvalue weighted by atomic mass is 9.27. The highest BCUT2D eigenvalue weighted by molar-refractivity contribution is 5.95. The topological polar surface area (TPSA) is 72.9 Å². The van der Waals surface area contributed by atoms with Gasteiger partial charge in [0.25, 0.3) is 0 Å². The molecular formula is C21H31NO5. The van der Waals surface area contributed by atoms with Crippen LogP contribution < -0.4 is 0 Å². The fourth-order valence-corrected chi connectivity index (χ4v) is 7.88. The van der Waals surface area contributed by atoms with Gasteiger partial charge < -0.3 is 14.4 Å². The third-order valence-electron chi connectivity index (χ3n) is 9.11. The Morgan fingerprint density at radius 2 is 1.93 bits per heavy atom. The monoisotopic (exact) mass is 377 g/mol. The van der Waals surface area contributed by atoms with Gasteiger partial charge in [-0.25, -0.2) is 4.79 Å². The Morgan fingerprint density at radius 3 is 2.48 bits per heavy atom. The number of methoxy groups -OCH3 is 1. The number of carbonyl (C=O) groups is 3. The van der Waals surface area contributed by atoms with Gasteiger partial charge in [0.15, 0.2) is 0 Å². The highest BCUT2D eigenvalue weighted by Crippen LogP contribution is 2.86. The Kier molecular flexibility index (Phi) is 3.66. The second kappa shape index (κ2) is 5.26. The van der Waals surface area contributed by atoms with Crippen molar-refractivity contribution in [3.63, 3.8) is 0 Å². The lowest BCUT2D eigenvalue weighted by Crippen LogP contribution is -2.84. The van der Waals surface area contributed by atoms with E-state index in [1.165, 1.54) is 14.0 Å². The average Bonchev–Trinajstić information content (AvgIpc) is 3.02. The molecule has 1 saturated heterocycles. The second-order valence-electron chi connectivity index (χ2n) is 9.84. The first kappa shape index (κ1) is 18.8. The van der Waals surface area contributed by atoms with E-state index in [4.69, 9.17) is 9.47 Å². The molecule has 6 atom stereocenters. The molecule has 4 aliphatic rings. The molecule has 0 unspecified atom stereocenters. The van der Waals surface area contributed by atoms with Crippen LogP contribution in [0.5, 0.6) is 0 Å². The summed E-state index contributed by atoms with van der Waals surface area (Å²) in [6, 6.07) is -0.0677. The fraction of sp³-hybridized carbons (Fsp3) is 0.857. The van der Waals surface area contributed by atoms with Gasteiger partial charge in [0.2, 0.25) is 0 Å². The third kappa shape index (κ3) is 1.68. The Hall–Kier alpha value is -1.59. The zero-order valence-electron chi connectivity index (χ0n) is 17.3. The molecule has 27 heavy (non-hydrogen) atoms. The highest BCUT2D eigenvalue weighted by atomic mass is 16.6. The number of hydrogen-bond donors (Lipinski definition) is 0. The summed E-state index contributed by atoms with van der Waals surface area (Å²) >= 11 is 0. The van der Waals surface area contributed by atoms with E-state index in [1.807, 2.05) is 0 Å². The van der Waals surface area contributed by atoms with Gasteiger partial charge in [-0.3, -0.25) is 9.59 Å². The van der Waals surface area contributed by atoms with Crippen LogP contribution in [0.3, 0.4) is 0 Å². The quantitative estimate of drug-likeness (QED) is 0.691. The van der Waals surface area contributed by atoms with E-state index in [1.54, 1.807) is 4.90 Å². The molecule has 1 aliphatic heterocycles. The van der Waals surface area contributed by atoms with Gasteiger partial charge in [0.1, 0.15) is 11.4 Å². The van der Waals surface area contributed by atoms with Gasteiger partial charge in [-0.1, -0.05) is 27.7 Å². The smallest absolute Gasteiger partial charge is 0.409 e. The van der Waals surface area contributed by atoms with Crippen molar-refractivity contribution >= 4 is 17.8 Å². The molecule has 0 radical (unpaired) electrons. The van der Waals surface area contributed by atoms with Crippen LogP contribution in [0.4, 0.5) is 4.79 Å². The number of fused-ring (bicyclic) bond motifs is 1. The van der Waals surface area contributed by atoms with E-state index in [0.717, 1.165) is 12.8 Å². The lowest BCUT2D eigenvalue weighted by Gasteiger charge is -2.77. The summed E-state index contributed by atoms with van der Waals surface area (Å²) in [5.41, 5.74) is -2.35. The SMILES string of the molecule is COC(=O)N1C[C@@]23C(=O)CC[C@]2(OC(C)=O)[C@@]2(C)C[C@@H](C(C)C)C[C@@H]1[C@]23C.